The van der Waals surface area contributed by atoms with Crippen LogP contribution in [0.3, 0.4) is 0 Å². The molecular weight excluding hydrogens is 336 g/mol. The van der Waals surface area contributed by atoms with Gasteiger partial charge in [-0.25, -0.2) is 0 Å². The van der Waals surface area contributed by atoms with Gasteiger partial charge in [0.1, 0.15) is 11.5 Å². The van der Waals surface area contributed by atoms with Crippen molar-refractivity contribution >= 4 is 22.3 Å². The van der Waals surface area contributed by atoms with Crippen molar-refractivity contribution in [1.82, 2.24) is 0 Å². The lowest BCUT2D eigenvalue weighted by Crippen LogP contribution is -2.21. The minimum atomic E-state index is -0.732. The number of carbonyl (C=O) groups excluding carboxylic acids is 1. The van der Waals surface area contributed by atoms with Gasteiger partial charge in [-0.15, -0.1) is 0 Å². The minimum Gasteiger partial charge on any atom is -0.507 e. The molecule has 2 aromatic rings. The second-order valence-corrected chi connectivity index (χ2v) is 6.28. The summed E-state index contributed by atoms with van der Waals surface area (Å²) >= 11 is 0. The number of phenols is 3. The van der Waals surface area contributed by atoms with Gasteiger partial charge in [-0.3, -0.25) is 9.59 Å². The molecule has 126 valence electrons. The number of Topliss-reactive ketones (excluding diaryl/α,β-unsaturated/α-hetero) is 1. The van der Waals surface area contributed by atoms with Crippen LogP contribution in [0.4, 0.5) is 0 Å². The fourth-order valence-electron chi connectivity index (χ4n) is 3.92. The molecule has 3 aliphatic carbocycles. The van der Waals surface area contributed by atoms with E-state index in [-0.39, 0.29) is 27.7 Å². The van der Waals surface area contributed by atoms with Crippen LogP contribution in [0.25, 0.3) is 38.8 Å². The van der Waals surface area contributed by atoms with Crippen LogP contribution in [-0.4, -0.2) is 26.2 Å². The summed E-state index contributed by atoms with van der Waals surface area (Å²) in [7, 11) is 0. The molecule has 0 atom stereocenters. The number of hydrogen-bond acceptors (Lipinski definition) is 6. The van der Waals surface area contributed by atoms with E-state index < -0.39 is 22.7 Å². The molecule has 2 aromatic carbocycles. The maximum atomic E-state index is 12.6. The smallest absolute Gasteiger partial charge is 0.232 e. The van der Waals surface area contributed by atoms with Crippen LogP contribution in [0, 0.1) is 0 Å². The maximum Gasteiger partial charge on any atom is 0.232 e. The van der Waals surface area contributed by atoms with Gasteiger partial charge in [0.2, 0.25) is 11.2 Å². The summed E-state index contributed by atoms with van der Waals surface area (Å²) in [6, 6.07) is 8.58. The number of rotatable bonds is 0. The zero-order valence-electron chi connectivity index (χ0n) is 13.1. The molecular formula is C20H10O6. The molecule has 0 saturated carbocycles. The molecule has 0 fully saturated rings. The summed E-state index contributed by atoms with van der Waals surface area (Å²) in [6.45, 7) is 0. The second kappa shape index (κ2) is 4.43. The minimum absolute atomic E-state index is 0.0420. The molecule has 0 amide bonds. The van der Waals surface area contributed by atoms with Gasteiger partial charge in [0.15, 0.2) is 11.5 Å². The fourth-order valence-corrected chi connectivity index (χ4v) is 3.92. The Morgan fingerprint density at radius 1 is 0.692 bits per heavy atom. The number of benzene rings is 3. The lowest BCUT2D eigenvalue weighted by Gasteiger charge is -2.16. The Bertz CT molecular complexity index is 1350. The lowest BCUT2D eigenvalue weighted by molar-refractivity contribution is 0.102. The van der Waals surface area contributed by atoms with E-state index in [1.165, 1.54) is 24.3 Å². The van der Waals surface area contributed by atoms with E-state index in [1.807, 2.05) is 0 Å². The molecule has 0 spiro atoms. The number of ketones is 1. The molecule has 0 aromatic heterocycles. The Morgan fingerprint density at radius 2 is 1.46 bits per heavy atom. The van der Waals surface area contributed by atoms with Crippen molar-refractivity contribution in [3.05, 3.63) is 57.4 Å². The first-order valence-corrected chi connectivity index (χ1v) is 7.78. The van der Waals surface area contributed by atoms with Gasteiger partial charge in [0.25, 0.3) is 0 Å². The van der Waals surface area contributed by atoms with E-state index in [1.54, 1.807) is 12.1 Å². The number of aliphatic hydroxyl groups is 1. The van der Waals surface area contributed by atoms with Crippen LogP contribution < -0.4 is 10.6 Å². The first-order valence-electron chi connectivity index (χ1n) is 7.78. The Balaban J connectivity index is 2.16. The Kier molecular flexibility index (Phi) is 2.48. The van der Waals surface area contributed by atoms with E-state index in [9.17, 15) is 30.0 Å². The highest BCUT2D eigenvalue weighted by molar-refractivity contribution is 6.30. The molecule has 0 saturated heterocycles. The average molecular weight is 346 g/mol. The maximum absolute atomic E-state index is 12.6. The van der Waals surface area contributed by atoms with Crippen LogP contribution in [0.2, 0.25) is 0 Å². The summed E-state index contributed by atoms with van der Waals surface area (Å²) in [6.07, 6.45) is 0. The normalized spacial score (nSPS) is 13.4. The van der Waals surface area contributed by atoms with Gasteiger partial charge in [0.05, 0.1) is 10.9 Å². The van der Waals surface area contributed by atoms with Crippen LogP contribution >= 0.6 is 0 Å². The van der Waals surface area contributed by atoms with Crippen LogP contribution in [0.1, 0.15) is 10.4 Å². The molecule has 0 aliphatic heterocycles. The van der Waals surface area contributed by atoms with Crippen molar-refractivity contribution in [3.8, 4) is 39.5 Å². The number of aliphatic hydroxyl groups excluding tert-OH is 1. The van der Waals surface area contributed by atoms with Crippen molar-refractivity contribution in [2.45, 2.75) is 0 Å². The van der Waals surface area contributed by atoms with E-state index in [0.717, 1.165) is 0 Å². The second-order valence-electron chi connectivity index (χ2n) is 6.28. The van der Waals surface area contributed by atoms with Gasteiger partial charge in [0, 0.05) is 16.3 Å². The number of aromatic hydroxyl groups is 3. The number of fused-ring (bicyclic) bond motifs is 5. The summed E-state index contributed by atoms with van der Waals surface area (Å²) in [5, 5.41) is 41.4. The molecule has 5 rings (SSSR count). The first kappa shape index (κ1) is 14.5. The molecule has 0 unspecified atom stereocenters. The predicted octanol–water partition coefficient (Wildman–Crippen LogP) is 2.11. The molecule has 0 bridgehead atoms. The quantitative estimate of drug-likeness (QED) is 0.388. The summed E-state index contributed by atoms with van der Waals surface area (Å²) in [4.78, 5) is 24.9. The third-order valence-electron chi connectivity index (χ3n) is 4.97. The Hall–Kier alpha value is -3.80. The molecule has 0 heterocycles. The summed E-state index contributed by atoms with van der Waals surface area (Å²) in [5.41, 5.74) is 0.800. The van der Waals surface area contributed by atoms with Gasteiger partial charge >= 0.3 is 0 Å². The number of carbonyl (C=O) groups is 1. The fraction of sp³-hybridized carbons (Fsp3) is 0. The van der Waals surface area contributed by atoms with Crippen LogP contribution in [0.5, 0.6) is 17.2 Å². The van der Waals surface area contributed by atoms with E-state index >= 15 is 0 Å². The van der Waals surface area contributed by atoms with Crippen molar-refractivity contribution in [3.63, 3.8) is 0 Å². The van der Waals surface area contributed by atoms with Crippen molar-refractivity contribution in [2.24, 2.45) is 0 Å². The van der Waals surface area contributed by atoms with Crippen LogP contribution in [-0.2, 0) is 0 Å². The average Bonchev–Trinajstić information content (AvgIpc) is 2.93. The zero-order chi connectivity index (χ0) is 18.3. The van der Waals surface area contributed by atoms with E-state index in [2.05, 4.69) is 0 Å². The molecule has 4 N–H and O–H groups in total. The Labute approximate surface area is 145 Å². The summed E-state index contributed by atoms with van der Waals surface area (Å²) < 4.78 is 0. The largest absolute Gasteiger partial charge is 0.507 e. The molecule has 26 heavy (non-hydrogen) atoms. The molecule has 3 aliphatic rings. The van der Waals surface area contributed by atoms with Crippen molar-refractivity contribution in [1.29, 1.82) is 0 Å². The highest BCUT2D eigenvalue weighted by Crippen LogP contribution is 2.46. The zero-order valence-corrected chi connectivity index (χ0v) is 13.1. The van der Waals surface area contributed by atoms with Crippen molar-refractivity contribution < 1.29 is 25.2 Å². The molecule has 6 heteroatoms. The van der Waals surface area contributed by atoms with Crippen molar-refractivity contribution in [2.75, 3.05) is 0 Å². The van der Waals surface area contributed by atoms with E-state index in [4.69, 9.17) is 0 Å². The summed E-state index contributed by atoms with van der Waals surface area (Å²) in [5.74, 6) is -2.40. The molecule has 0 radical (unpaired) electrons. The third kappa shape index (κ3) is 1.47. The predicted molar refractivity (Wildman–Crippen MR) is 94.0 cm³/mol. The van der Waals surface area contributed by atoms with Gasteiger partial charge in [-0.05, 0) is 40.8 Å². The number of hydrogen-bond donors (Lipinski definition) is 4. The SMILES string of the molecule is O=C1C(O)=c2c(c3cc(O)c(=O)c4c(O)ccc2c4-3)-c2cccc(O)c21. The third-order valence-corrected chi connectivity index (χ3v) is 4.97. The van der Waals surface area contributed by atoms with E-state index in [0.29, 0.717) is 27.6 Å². The standard InChI is InChI=1S/C20H10O6/c21-10-3-1-2-7-13-9-6-12(23)18(24)17-11(22)5-4-8(14(9)17)16(13)20(26)19(25)15(7)10/h1-6,21-23,26H. The van der Waals surface area contributed by atoms with Gasteiger partial charge in [-0.1, -0.05) is 12.1 Å². The van der Waals surface area contributed by atoms with Crippen LogP contribution in [0.15, 0.2) is 41.2 Å². The first-order chi connectivity index (χ1) is 12.4. The topological polar surface area (TPSA) is 115 Å². The Morgan fingerprint density at radius 3 is 2.23 bits per heavy atom. The highest BCUT2D eigenvalue weighted by atomic mass is 16.3. The number of phenolic OH excluding ortho intramolecular Hbond substituents is 3. The van der Waals surface area contributed by atoms with Gasteiger partial charge < -0.3 is 20.4 Å². The van der Waals surface area contributed by atoms with Gasteiger partial charge in [-0.2, -0.15) is 0 Å². The highest BCUT2D eigenvalue weighted by Gasteiger charge is 2.34. The molecule has 6 nitrogen and oxygen atoms in total. The monoisotopic (exact) mass is 346 g/mol. The lowest BCUT2D eigenvalue weighted by atomic mass is 9.88.